The van der Waals surface area contributed by atoms with Crippen molar-refractivity contribution in [1.29, 1.82) is 0 Å². The zero-order valence-electron chi connectivity index (χ0n) is 10.1. The number of nitrogens with one attached hydrogen (secondary N) is 1. The van der Waals surface area contributed by atoms with Crippen LogP contribution in [0.2, 0.25) is 0 Å². The third kappa shape index (κ3) is 3.07. The summed E-state index contributed by atoms with van der Waals surface area (Å²) in [6, 6.07) is 8.77. The number of nitrogens with zero attached hydrogens (tertiary/aromatic N) is 1. The predicted molar refractivity (Wildman–Crippen MR) is 75.3 cm³/mol. The fourth-order valence-electron chi connectivity index (χ4n) is 1.68. The van der Waals surface area contributed by atoms with Crippen molar-refractivity contribution in [3.05, 3.63) is 57.9 Å². The van der Waals surface area contributed by atoms with Gasteiger partial charge in [-0.1, -0.05) is 18.2 Å². The third-order valence-corrected chi connectivity index (χ3v) is 3.73. The first-order valence-electron chi connectivity index (χ1n) is 5.77. The molecule has 1 aromatic heterocycles. The van der Waals surface area contributed by atoms with Gasteiger partial charge in [-0.25, -0.2) is 9.37 Å². The second-order valence-electron chi connectivity index (χ2n) is 4.06. The molecule has 4 heteroatoms. The number of anilines is 1. The molecule has 94 valence electrons. The summed E-state index contributed by atoms with van der Waals surface area (Å²) >= 11 is 3.48. The summed E-state index contributed by atoms with van der Waals surface area (Å²) < 4.78 is 14.4. The Hall–Kier alpha value is -1.42. The van der Waals surface area contributed by atoms with E-state index in [1.165, 1.54) is 6.07 Å². The van der Waals surface area contributed by atoms with Crippen LogP contribution in [0.4, 0.5) is 10.2 Å². The number of benzene rings is 1. The summed E-state index contributed by atoms with van der Waals surface area (Å²) in [4.78, 5) is 4.24. The van der Waals surface area contributed by atoms with Crippen LogP contribution in [0.3, 0.4) is 0 Å². The highest BCUT2D eigenvalue weighted by Crippen LogP contribution is 2.23. The summed E-state index contributed by atoms with van der Waals surface area (Å²) in [5.41, 5.74) is 1.84. The van der Waals surface area contributed by atoms with Crippen LogP contribution < -0.4 is 5.32 Å². The summed E-state index contributed by atoms with van der Waals surface area (Å²) in [6.45, 7) is 2.66. The zero-order valence-corrected chi connectivity index (χ0v) is 11.7. The van der Waals surface area contributed by atoms with Crippen LogP contribution in [0.1, 0.15) is 11.1 Å². The van der Waals surface area contributed by atoms with Gasteiger partial charge in [0, 0.05) is 12.7 Å². The molecule has 1 aromatic carbocycles. The average Bonchev–Trinajstić information content (AvgIpc) is 2.37. The molecule has 0 aliphatic rings. The Balaban J connectivity index is 1.97. The van der Waals surface area contributed by atoms with E-state index in [2.05, 4.69) is 26.2 Å². The summed E-state index contributed by atoms with van der Waals surface area (Å²) in [7, 11) is 0. The van der Waals surface area contributed by atoms with Gasteiger partial charge < -0.3 is 5.32 Å². The number of hydrogen-bond acceptors (Lipinski definition) is 2. The van der Waals surface area contributed by atoms with E-state index in [1.54, 1.807) is 18.3 Å². The lowest BCUT2D eigenvalue weighted by atomic mass is 10.1. The molecule has 2 nitrogen and oxygen atoms in total. The zero-order chi connectivity index (χ0) is 13.0. The molecule has 0 atom stereocenters. The first-order valence-corrected chi connectivity index (χ1v) is 6.56. The highest BCUT2D eigenvalue weighted by molar-refractivity contribution is 9.10. The second-order valence-corrected chi connectivity index (χ2v) is 4.85. The monoisotopic (exact) mass is 308 g/mol. The standard InChI is InChI=1S/C14H14BrFN2/c1-10-6-8-17-14(13(10)15)18-9-7-11-4-2-3-5-12(11)16/h2-6,8H,7,9H2,1H3,(H,17,18). The fourth-order valence-corrected chi connectivity index (χ4v) is 2.05. The third-order valence-electron chi connectivity index (χ3n) is 2.73. The highest BCUT2D eigenvalue weighted by Gasteiger charge is 2.04. The van der Waals surface area contributed by atoms with Crippen LogP contribution in [0, 0.1) is 12.7 Å². The Labute approximate surface area is 114 Å². The molecule has 2 rings (SSSR count). The van der Waals surface area contributed by atoms with Gasteiger partial charge in [-0.2, -0.15) is 0 Å². The molecule has 2 aromatic rings. The molecule has 0 saturated carbocycles. The fraction of sp³-hybridized carbons (Fsp3) is 0.214. The lowest BCUT2D eigenvalue weighted by Gasteiger charge is -2.09. The SMILES string of the molecule is Cc1ccnc(NCCc2ccccc2F)c1Br. The van der Waals surface area contributed by atoms with E-state index < -0.39 is 0 Å². The number of aromatic nitrogens is 1. The normalized spacial score (nSPS) is 10.4. The van der Waals surface area contributed by atoms with Crippen LogP contribution in [0.15, 0.2) is 41.0 Å². The topological polar surface area (TPSA) is 24.9 Å². The van der Waals surface area contributed by atoms with E-state index in [0.717, 1.165) is 15.9 Å². The maximum Gasteiger partial charge on any atom is 0.140 e. The van der Waals surface area contributed by atoms with Gasteiger partial charge in [-0.3, -0.25) is 0 Å². The minimum absolute atomic E-state index is 0.157. The van der Waals surface area contributed by atoms with E-state index in [1.807, 2.05) is 19.1 Å². The Morgan fingerprint density at radius 2 is 2.06 bits per heavy atom. The van der Waals surface area contributed by atoms with E-state index in [-0.39, 0.29) is 5.82 Å². The van der Waals surface area contributed by atoms with E-state index in [0.29, 0.717) is 18.5 Å². The molecule has 18 heavy (non-hydrogen) atoms. The Morgan fingerprint density at radius 1 is 1.28 bits per heavy atom. The highest BCUT2D eigenvalue weighted by atomic mass is 79.9. The van der Waals surface area contributed by atoms with Gasteiger partial charge in [-0.05, 0) is 52.5 Å². The van der Waals surface area contributed by atoms with Crippen LogP contribution in [0.5, 0.6) is 0 Å². The van der Waals surface area contributed by atoms with Crippen LogP contribution in [-0.4, -0.2) is 11.5 Å². The molecular formula is C14H14BrFN2. The molecule has 0 fully saturated rings. The molecule has 0 aliphatic carbocycles. The lowest BCUT2D eigenvalue weighted by molar-refractivity contribution is 0.610. The summed E-state index contributed by atoms with van der Waals surface area (Å²) in [6.07, 6.45) is 2.39. The Bertz CT molecular complexity index is 543. The van der Waals surface area contributed by atoms with Gasteiger partial charge in [0.05, 0.1) is 4.47 Å². The second kappa shape index (κ2) is 5.96. The van der Waals surface area contributed by atoms with Crippen molar-refractivity contribution in [2.24, 2.45) is 0 Å². The molecule has 1 N–H and O–H groups in total. The van der Waals surface area contributed by atoms with Crippen LogP contribution in [-0.2, 0) is 6.42 Å². The van der Waals surface area contributed by atoms with Gasteiger partial charge >= 0.3 is 0 Å². The maximum atomic E-state index is 13.4. The summed E-state index contributed by atoms with van der Waals surface area (Å²) in [5, 5.41) is 3.20. The van der Waals surface area contributed by atoms with E-state index >= 15 is 0 Å². The van der Waals surface area contributed by atoms with Crippen molar-refractivity contribution in [3.63, 3.8) is 0 Å². The van der Waals surface area contributed by atoms with Crippen molar-refractivity contribution in [3.8, 4) is 0 Å². The Kier molecular flexibility index (Phi) is 4.31. The number of aryl methyl sites for hydroxylation is 1. The molecule has 0 aliphatic heterocycles. The van der Waals surface area contributed by atoms with Gasteiger partial charge in [0.25, 0.3) is 0 Å². The van der Waals surface area contributed by atoms with Gasteiger partial charge in [0.15, 0.2) is 0 Å². The number of pyridine rings is 1. The molecule has 1 heterocycles. The minimum atomic E-state index is -0.157. The molecule has 0 amide bonds. The van der Waals surface area contributed by atoms with Crippen molar-refractivity contribution in [2.75, 3.05) is 11.9 Å². The number of rotatable bonds is 4. The number of halogens is 2. The Morgan fingerprint density at radius 3 is 2.83 bits per heavy atom. The van der Waals surface area contributed by atoms with Crippen molar-refractivity contribution < 1.29 is 4.39 Å². The van der Waals surface area contributed by atoms with E-state index in [9.17, 15) is 4.39 Å². The first-order chi connectivity index (χ1) is 8.68. The van der Waals surface area contributed by atoms with Crippen molar-refractivity contribution in [1.82, 2.24) is 4.98 Å². The largest absolute Gasteiger partial charge is 0.369 e. The van der Waals surface area contributed by atoms with Crippen molar-refractivity contribution >= 4 is 21.7 Å². The quantitative estimate of drug-likeness (QED) is 0.925. The maximum absolute atomic E-state index is 13.4. The smallest absolute Gasteiger partial charge is 0.140 e. The molecule has 0 unspecified atom stereocenters. The van der Waals surface area contributed by atoms with Crippen molar-refractivity contribution in [2.45, 2.75) is 13.3 Å². The molecule has 0 bridgehead atoms. The van der Waals surface area contributed by atoms with Crippen LogP contribution >= 0.6 is 15.9 Å². The first kappa shape index (κ1) is 13.0. The van der Waals surface area contributed by atoms with E-state index in [4.69, 9.17) is 0 Å². The van der Waals surface area contributed by atoms with Gasteiger partial charge in [0.1, 0.15) is 11.6 Å². The molecular weight excluding hydrogens is 295 g/mol. The summed E-state index contributed by atoms with van der Waals surface area (Å²) in [5.74, 6) is 0.641. The van der Waals surface area contributed by atoms with Crippen LogP contribution in [0.25, 0.3) is 0 Å². The average molecular weight is 309 g/mol. The predicted octanol–water partition coefficient (Wildman–Crippen LogP) is 3.95. The van der Waals surface area contributed by atoms with Gasteiger partial charge in [0.2, 0.25) is 0 Å². The minimum Gasteiger partial charge on any atom is -0.369 e. The molecule has 0 radical (unpaired) electrons. The lowest BCUT2D eigenvalue weighted by Crippen LogP contribution is -2.08. The number of hydrogen-bond donors (Lipinski definition) is 1. The van der Waals surface area contributed by atoms with Gasteiger partial charge in [-0.15, -0.1) is 0 Å². The molecule has 0 spiro atoms. The molecule has 0 saturated heterocycles.